The standard InChI is InChI=1S/C14H16N6O/c1-10-17-14(21-18-10)12-9-20(7-6-19(12)2)13-11(8-15)4-3-5-16-13/h3-5,12H,6-7,9H2,1-2H3/t12-/m0/s1. The summed E-state index contributed by atoms with van der Waals surface area (Å²) >= 11 is 0. The fourth-order valence-electron chi connectivity index (χ4n) is 2.52. The summed E-state index contributed by atoms with van der Waals surface area (Å²) < 4.78 is 5.30. The Kier molecular flexibility index (Phi) is 3.54. The summed E-state index contributed by atoms with van der Waals surface area (Å²) in [5, 5.41) is 13.1. The maximum absolute atomic E-state index is 9.22. The van der Waals surface area contributed by atoms with Crippen LogP contribution in [0.4, 0.5) is 5.82 Å². The van der Waals surface area contributed by atoms with Gasteiger partial charge < -0.3 is 9.42 Å². The smallest absolute Gasteiger partial charge is 0.245 e. The maximum atomic E-state index is 9.22. The van der Waals surface area contributed by atoms with Crippen LogP contribution in [0.15, 0.2) is 22.9 Å². The Morgan fingerprint density at radius 1 is 1.43 bits per heavy atom. The first-order chi connectivity index (χ1) is 10.2. The van der Waals surface area contributed by atoms with Crippen LogP contribution in [-0.4, -0.2) is 46.7 Å². The second-order valence-corrected chi connectivity index (χ2v) is 5.11. The van der Waals surface area contributed by atoms with Gasteiger partial charge in [-0.15, -0.1) is 0 Å². The number of rotatable bonds is 2. The molecule has 1 aliphatic heterocycles. The van der Waals surface area contributed by atoms with Crippen LogP contribution < -0.4 is 4.90 Å². The van der Waals surface area contributed by atoms with E-state index in [1.54, 1.807) is 25.3 Å². The van der Waals surface area contributed by atoms with Crippen LogP contribution >= 0.6 is 0 Å². The highest BCUT2D eigenvalue weighted by atomic mass is 16.5. The van der Waals surface area contributed by atoms with Crippen molar-refractivity contribution in [1.82, 2.24) is 20.0 Å². The summed E-state index contributed by atoms with van der Waals surface area (Å²) in [6, 6.07) is 5.76. The van der Waals surface area contributed by atoms with Crippen LogP contribution in [0.2, 0.25) is 0 Å². The van der Waals surface area contributed by atoms with Gasteiger partial charge in [0.15, 0.2) is 5.82 Å². The molecule has 0 bridgehead atoms. The SMILES string of the molecule is Cc1noc([C@@H]2CN(c3ncccc3C#N)CCN2C)n1. The van der Waals surface area contributed by atoms with E-state index in [2.05, 4.69) is 31.0 Å². The topological polar surface area (TPSA) is 82.1 Å². The molecular weight excluding hydrogens is 268 g/mol. The molecule has 2 aromatic heterocycles. The number of anilines is 1. The molecule has 1 aliphatic rings. The predicted octanol–water partition coefficient (Wildman–Crippen LogP) is 1.14. The molecule has 0 radical (unpaired) electrons. The third kappa shape index (κ3) is 2.58. The molecule has 0 aliphatic carbocycles. The fraction of sp³-hybridized carbons (Fsp3) is 0.429. The van der Waals surface area contributed by atoms with Gasteiger partial charge in [0.05, 0.1) is 5.56 Å². The number of piperazine rings is 1. The Labute approximate surface area is 122 Å². The van der Waals surface area contributed by atoms with Gasteiger partial charge in [-0.1, -0.05) is 5.16 Å². The fourth-order valence-corrected chi connectivity index (χ4v) is 2.52. The maximum Gasteiger partial charge on any atom is 0.245 e. The largest absolute Gasteiger partial charge is 0.352 e. The zero-order valence-corrected chi connectivity index (χ0v) is 12.0. The number of likely N-dealkylation sites (N-methyl/N-ethyl adjacent to an activating group) is 1. The minimum absolute atomic E-state index is 0.00787. The van der Waals surface area contributed by atoms with E-state index in [1.165, 1.54) is 0 Å². The summed E-state index contributed by atoms with van der Waals surface area (Å²) in [6.07, 6.45) is 1.71. The molecule has 108 valence electrons. The minimum atomic E-state index is 0.00787. The van der Waals surface area contributed by atoms with Gasteiger partial charge >= 0.3 is 0 Å². The second-order valence-electron chi connectivity index (χ2n) is 5.11. The summed E-state index contributed by atoms with van der Waals surface area (Å²) in [4.78, 5) is 13.0. The lowest BCUT2D eigenvalue weighted by Gasteiger charge is -2.38. The van der Waals surface area contributed by atoms with Gasteiger partial charge in [0, 0.05) is 25.8 Å². The van der Waals surface area contributed by atoms with Crippen molar-refractivity contribution in [3.05, 3.63) is 35.6 Å². The van der Waals surface area contributed by atoms with Gasteiger partial charge in [-0.25, -0.2) is 4.98 Å². The van der Waals surface area contributed by atoms with Gasteiger partial charge in [-0.2, -0.15) is 10.2 Å². The second kappa shape index (κ2) is 5.50. The molecule has 2 aromatic rings. The van der Waals surface area contributed by atoms with E-state index in [0.717, 1.165) is 13.1 Å². The third-order valence-corrected chi connectivity index (χ3v) is 3.68. The highest BCUT2D eigenvalue weighted by Gasteiger charge is 2.31. The van der Waals surface area contributed by atoms with E-state index < -0.39 is 0 Å². The van der Waals surface area contributed by atoms with Gasteiger partial charge in [0.2, 0.25) is 5.89 Å². The first-order valence-corrected chi connectivity index (χ1v) is 6.79. The summed E-state index contributed by atoms with van der Waals surface area (Å²) in [7, 11) is 2.03. The number of nitriles is 1. The van der Waals surface area contributed by atoms with E-state index in [-0.39, 0.29) is 6.04 Å². The van der Waals surface area contributed by atoms with E-state index in [0.29, 0.717) is 29.6 Å². The Balaban J connectivity index is 1.88. The summed E-state index contributed by atoms with van der Waals surface area (Å²) in [5.74, 6) is 1.95. The highest BCUT2D eigenvalue weighted by molar-refractivity contribution is 5.53. The van der Waals surface area contributed by atoms with Crippen LogP contribution in [0.25, 0.3) is 0 Å². The summed E-state index contributed by atoms with van der Waals surface area (Å²) in [6.45, 7) is 4.13. The number of pyridine rings is 1. The monoisotopic (exact) mass is 284 g/mol. The van der Waals surface area contributed by atoms with Crippen molar-refractivity contribution in [2.24, 2.45) is 0 Å². The Bertz CT molecular complexity index is 676. The molecule has 0 amide bonds. The van der Waals surface area contributed by atoms with E-state index in [1.807, 2.05) is 7.05 Å². The van der Waals surface area contributed by atoms with Crippen LogP contribution in [0.5, 0.6) is 0 Å². The Hall–Kier alpha value is -2.46. The molecule has 1 atom stereocenters. The first-order valence-electron chi connectivity index (χ1n) is 6.79. The number of hydrogen-bond acceptors (Lipinski definition) is 7. The van der Waals surface area contributed by atoms with E-state index in [9.17, 15) is 5.26 Å². The normalized spacial score (nSPS) is 19.5. The molecule has 0 spiro atoms. The van der Waals surface area contributed by atoms with Crippen molar-refractivity contribution in [3.8, 4) is 6.07 Å². The van der Waals surface area contributed by atoms with E-state index in [4.69, 9.17) is 4.52 Å². The van der Waals surface area contributed by atoms with Gasteiger partial charge in [-0.3, -0.25) is 4.90 Å². The lowest BCUT2D eigenvalue weighted by atomic mass is 10.1. The van der Waals surface area contributed by atoms with Gasteiger partial charge in [-0.05, 0) is 26.1 Å². The quantitative estimate of drug-likeness (QED) is 0.817. The lowest BCUT2D eigenvalue weighted by Crippen LogP contribution is -2.47. The lowest BCUT2D eigenvalue weighted by molar-refractivity contribution is 0.177. The summed E-state index contributed by atoms with van der Waals surface area (Å²) in [5.41, 5.74) is 0.586. The number of nitrogens with zero attached hydrogens (tertiary/aromatic N) is 6. The van der Waals surface area contributed by atoms with Crippen molar-refractivity contribution >= 4 is 5.82 Å². The first kappa shape index (κ1) is 13.5. The molecule has 21 heavy (non-hydrogen) atoms. The Morgan fingerprint density at radius 2 is 2.29 bits per heavy atom. The van der Waals surface area contributed by atoms with Crippen molar-refractivity contribution in [2.75, 3.05) is 31.6 Å². The highest BCUT2D eigenvalue weighted by Crippen LogP contribution is 2.27. The van der Waals surface area contributed by atoms with Crippen molar-refractivity contribution < 1.29 is 4.52 Å². The van der Waals surface area contributed by atoms with Crippen LogP contribution in [0, 0.1) is 18.3 Å². The van der Waals surface area contributed by atoms with Gasteiger partial charge in [0.25, 0.3) is 0 Å². The zero-order chi connectivity index (χ0) is 14.8. The molecule has 1 fully saturated rings. The van der Waals surface area contributed by atoms with Crippen molar-refractivity contribution in [3.63, 3.8) is 0 Å². The molecule has 7 heteroatoms. The molecule has 0 N–H and O–H groups in total. The van der Waals surface area contributed by atoms with Crippen LogP contribution in [0.1, 0.15) is 23.3 Å². The van der Waals surface area contributed by atoms with Crippen LogP contribution in [0.3, 0.4) is 0 Å². The average molecular weight is 284 g/mol. The molecular formula is C14H16N6O. The molecule has 7 nitrogen and oxygen atoms in total. The molecule has 3 rings (SSSR count). The van der Waals surface area contributed by atoms with Crippen molar-refractivity contribution in [2.45, 2.75) is 13.0 Å². The zero-order valence-electron chi connectivity index (χ0n) is 12.0. The molecule has 0 aromatic carbocycles. The van der Waals surface area contributed by atoms with Crippen LogP contribution in [-0.2, 0) is 0 Å². The predicted molar refractivity (Wildman–Crippen MR) is 75.6 cm³/mol. The van der Waals surface area contributed by atoms with E-state index >= 15 is 0 Å². The third-order valence-electron chi connectivity index (χ3n) is 3.68. The number of aromatic nitrogens is 3. The molecule has 1 saturated heterocycles. The van der Waals surface area contributed by atoms with Crippen molar-refractivity contribution in [1.29, 1.82) is 5.26 Å². The minimum Gasteiger partial charge on any atom is -0.352 e. The Morgan fingerprint density at radius 3 is 3.00 bits per heavy atom. The van der Waals surface area contributed by atoms with Gasteiger partial charge in [0.1, 0.15) is 17.9 Å². The molecule has 0 saturated carbocycles. The number of hydrogen-bond donors (Lipinski definition) is 0. The molecule has 3 heterocycles. The molecule has 0 unspecified atom stereocenters. The number of aryl methyl sites for hydroxylation is 1. The average Bonchev–Trinajstić information content (AvgIpc) is 2.94.